The van der Waals surface area contributed by atoms with E-state index in [1.165, 1.54) is 0 Å². The number of nitrogens with zero attached hydrogens (tertiary/aromatic N) is 1. The van der Waals surface area contributed by atoms with Crippen LogP contribution in [0, 0.1) is 5.92 Å². The molecule has 94 valence electrons. The lowest BCUT2D eigenvalue weighted by Crippen LogP contribution is -2.45. The second kappa shape index (κ2) is 6.42. The molecule has 16 heavy (non-hydrogen) atoms. The van der Waals surface area contributed by atoms with Gasteiger partial charge in [-0.25, -0.2) is 0 Å². The molecule has 2 atom stereocenters. The molecule has 2 N–H and O–H groups in total. The normalized spacial score (nSPS) is 30.7. The third kappa shape index (κ3) is 3.34. The first-order valence-electron chi connectivity index (χ1n) is 5.89. The van der Waals surface area contributed by atoms with Crippen molar-refractivity contribution in [2.24, 2.45) is 11.7 Å². The van der Waals surface area contributed by atoms with Crippen molar-refractivity contribution < 1.29 is 9.53 Å². The number of ether oxygens (including phenoxy) is 1. The highest BCUT2D eigenvalue weighted by Crippen LogP contribution is 2.25. The van der Waals surface area contributed by atoms with Crippen molar-refractivity contribution in [3.05, 3.63) is 0 Å². The van der Waals surface area contributed by atoms with Gasteiger partial charge in [0.1, 0.15) is 0 Å². The van der Waals surface area contributed by atoms with E-state index in [0.29, 0.717) is 19.1 Å². The van der Waals surface area contributed by atoms with Gasteiger partial charge < -0.3 is 15.4 Å². The maximum absolute atomic E-state index is 12.1. The second-order valence-corrected chi connectivity index (χ2v) is 4.56. The predicted octanol–water partition coefficient (Wildman–Crippen LogP) is 0.784. The minimum absolute atomic E-state index is 0. The molecule has 2 rings (SSSR count). The molecule has 0 bridgehead atoms. The average molecular weight is 249 g/mol. The van der Waals surface area contributed by atoms with Gasteiger partial charge in [-0.1, -0.05) is 6.42 Å². The van der Waals surface area contributed by atoms with Gasteiger partial charge in [0.15, 0.2) is 0 Å². The number of halogens is 1. The lowest BCUT2D eigenvalue weighted by Gasteiger charge is -2.33. The van der Waals surface area contributed by atoms with Crippen LogP contribution in [0.2, 0.25) is 0 Å². The number of carbonyl (C=O) groups excluding carboxylic acids is 1. The Kier molecular flexibility index (Phi) is 5.52. The molecule has 2 aliphatic rings. The second-order valence-electron chi connectivity index (χ2n) is 4.56. The molecule has 0 radical (unpaired) electrons. The summed E-state index contributed by atoms with van der Waals surface area (Å²) in [6.45, 7) is 2.88. The van der Waals surface area contributed by atoms with E-state index in [-0.39, 0.29) is 24.4 Å². The minimum Gasteiger partial charge on any atom is -0.378 e. The number of morpholine rings is 1. The van der Waals surface area contributed by atoms with Gasteiger partial charge in [-0.3, -0.25) is 4.79 Å². The number of amides is 1. The molecule has 2 fully saturated rings. The molecule has 0 aromatic rings. The summed E-state index contributed by atoms with van der Waals surface area (Å²) in [6, 6.07) is 0.230. The van der Waals surface area contributed by atoms with Gasteiger partial charge in [-0.2, -0.15) is 0 Å². The Bertz CT molecular complexity index is 232. The van der Waals surface area contributed by atoms with Crippen LogP contribution >= 0.6 is 12.4 Å². The number of hydrogen-bond donors (Lipinski definition) is 1. The molecule has 4 nitrogen and oxygen atoms in total. The summed E-state index contributed by atoms with van der Waals surface area (Å²) in [5.41, 5.74) is 5.90. The van der Waals surface area contributed by atoms with Gasteiger partial charge in [0.2, 0.25) is 5.91 Å². The summed E-state index contributed by atoms with van der Waals surface area (Å²) in [4.78, 5) is 14.1. The van der Waals surface area contributed by atoms with Gasteiger partial charge in [0.25, 0.3) is 0 Å². The first-order chi connectivity index (χ1) is 7.27. The fraction of sp³-hybridized carbons (Fsp3) is 0.909. The highest BCUT2D eigenvalue weighted by atomic mass is 35.5. The van der Waals surface area contributed by atoms with Gasteiger partial charge in [-0.15, -0.1) is 12.4 Å². The Morgan fingerprint density at radius 3 is 2.56 bits per heavy atom. The summed E-state index contributed by atoms with van der Waals surface area (Å²) in [5, 5.41) is 0. The SMILES string of the molecule is Cl.NC1CCCC(C(=O)N2CCOCC2)C1. The molecule has 2 unspecified atom stereocenters. The zero-order chi connectivity index (χ0) is 10.7. The topological polar surface area (TPSA) is 55.6 Å². The third-order valence-corrected chi connectivity index (χ3v) is 3.39. The molecule has 0 aromatic heterocycles. The molecule has 5 heteroatoms. The van der Waals surface area contributed by atoms with Gasteiger partial charge in [0.05, 0.1) is 13.2 Å². The predicted molar refractivity (Wildman–Crippen MR) is 64.6 cm³/mol. The van der Waals surface area contributed by atoms with Gasteiger partial charge in [-0.05, 0) is 19.3 Å². The maximum Gasteiger partial charge on any atom is 0.225 e. The molecule has 1 heterocycles. The minimum atomic E-state index is 0. The van der Waals surface area contributed by atoms with E-state index in [1.54, 1.807) is 0 Å². The van der Waals surface area contributed by atoms with E-state index in [1.807, 2.05) is 4.90 Å². The Balaban J connectivity index is 0.00000128. The molecule has 1 amide bonds. The van der Waals surface area contributed by atoms with Crippen LogP contribution in [-0.2, 0) is 9.53 Å². The summed E-state index contributed by atoms with van der Waals surface area (Å²) in [5.74, 6) is 0.473. The Labute approximate surface area is 103 Å². The van der Waals surface area contributed by atoms with E-state index < -0.39 is 0 Å². The molecular weight excluding hydrogens is 228 g/mol. The number of rotatable bonds is 1. The van der Waals surface area contributed by atoms with Crippen LogP contribution in [0.1, 0.15) is 25.7 Å². The largest absolute Gasteiger partial charge is 0.378 e. The third-order valence-electron chi connectivity index (χ3n) is 3.39. The Morgan fingerprint density at radius 2 is 1.94 bits per heavy atom. The zero-order valence-corrected chi connectivity index (χ0v) is 10.4. The van der Waals surface area contributed by atoms with E-state index in [9.17, 15) is 4.79 Å². The van der Waals surface area contributed by atoms with Crippen molar-refractivity contribution in [3.8, 4) is 0 Å². The number of hydrogen-bond acceptors (Lipinski definition) is 3. The molecule has 1 aliphatic heterocycles. The lowest BCUT2D eigenvalue weighted by molar-refractivity contribution is -0.140. The van der Waals surface area contributed by atoms with Gasteiger partial charge in [0, 0.05) is 25.0 Å². The van der Waals surface area contributed by atoms with Crippen molar-refractivity contribution in [2.45, 2.75) is 31.7 Å². The summed E-state index contributed by atoms with van der Waals surface area (Å²) < 4.78 is 5.24. The maximum atomic E-state index is 12.1. The molecule has 1 saturated heterocycles. The fourth-order valence-corrected chi connectivity index (χ4v) is 2.49. The van der Waals surface area contributed by atoms with E-state index in [0.717, 1.165) is 38.8 Å². The summed E-state index contributed by atoms with van der Waals surface area (Å²) in [7, 11) is 0. The molecule has 1 saturated carbocycles. The fourth-order valence-electron chi connectivity index (χ4n) is 2.49. The first-order valence-corrected chi connectivity index (χ1v) is 5.89. The van der Waals surface area contributed by atoms with Crippen molar-refractivity contribution in [3.63, 3.8) is 0 Å². The smallest absolute Gasteiger partial charge is 0.225 e. The van der Waals surface area contributed by atoms with Crippen LogP contribution in [0.3, 0.4) is 0 Å². The lowest BCUT2D eigenvalue weighted by atomic mass is 9.85. The molecule has 0 spiro atoms. The van der Waals surface area contributed by atoms with Crippen molar-refractivity contribution in [1.82, 2.24) is 4.90 Å². The van der Waals surface area contributed by atoms with Crippen molar-refractivity contribution in [1.29, 1.82) is 0 Å². The van der Waals surface area contributed by atoms with Crippen LogP contribution in [-0.4, -0.2) is 43.2 Å². The number of carbonyl (C=O) groups is 1. The zero-order valence-electron chi connectivity index (χ0n) is 9.56. The van der Waals surface area contributed by atoms with Crippen molar-refractivity contribution in [2.75, 3.05) is 26.3 Å². The number of nitrogens with two attached hydrogens (primary N) is 1. The highest BCUT2D eigenvalue weighted by molar-refractivity contribution is 5.85. The van der Waals surface area contributed by atoms with Crippen LogP contribution in [0.15, 0.2) is 0 Å². The van der Waals surface area contributed by atoms with E-state index in [2.05, 4.69) is 0 Å². The van der Waals surface area contributed by atoms with Crippen LogP contribution in [0.25, 0.3) is 0 Å². The van der Waals surface area contributed by atoms with Crippen molar-refractivity contribution >= 4 is 18.3 Å². The summed E-state index contributed by atoms with van der Waals surface area (Å²) in [6.07, 6.45) is 4.06. The molecule has 0 aromatic carbocycles. The Morgan fingerprint density at radius 1 is 1.25 bits per heavy atom. The Hall–Kier alpha value is -0.320. The molecule has 1 aliphatic carbocycles. The monoisotopic (exact) mass is 248 g/mol. The standard InChI is InChI=1S/C11H20N2O2.ClH/c12-10-3-1-2-9(8-10)11(14)13-4-6-15-7-5-13;/h9-10H,1-8,12H2;1H. The quantitative estimate of drug-likeness (QED) is 0.746. The van der Waals surface area contributed by atoms with Crippen LogP contribution in [0.4, 0.5) is 0 Å². The van der Waals surface area contributed by atoms with Crippen LogP contribution < -0.4 is 5.73 Å². The highest BCUT2D eigenvalue weighted by Gasteiger charge is 2.29. The van der Waals surface area contributed by atoms with E-state index in [4.69, 9.17) is 10.5 Å². The first kappa shape index (κ1) is 13.7. The molecular formula is C11H21ClN2O2. The average Bonchev–Trinajstić information content (AvgIpc) is 2.29. The van der Waals surface area contributed by atoms with Gasteiger partial charge >= 0.3 is 0 Å². The van der Waals surface area contributed by atoms with Crippen LogP contribution in [0.5, 0.6) is 0 Å². The van der Waals surface area contributed by atoms with E-state index >= 15 is 0 Å². The summed E-state index contributed by atoms with van der Waals surface area (Å²) >= 11 is 0.